The Hall–Kier alpha value is -0.710. The van der Waals surface area contributed by atoms with E-state index in [2.05, 4.69) is 37.4 Å². The lowest BCUT2D eigenvalue weighted by atomic mass is 9.87. The molecule has 2 rings (SSSR count). The van der Waals surface area contributed by atoms with E-state index in [4.69, 9.17) is 9.84 Å². The molecular formula is C17H27NO2S. The van der Waals surface area contributed by atoms with Crippen LogP contribution in [0.3, 0.4) is 0 Å². The molecule has 0 saturated heterocycles. The van der Waals surface area contributed by atoms with Crippen LogP contribution in [0.4, 0.5) is 0 Å². The Labute approximate surface area is 132 Å². The van der Waals surface area contributed by atoms with Gasteiger partial charge in [-0.05, 0) is 49.1 Å². The van der Waals surface area contributed by atoms with Crippen molar-refractivity contribution in [3.8, 4) is 5.75 Å². The van der Waals surface area contributed by atoms with Crippen molar-refractivity contribution in [3.05, 3.63) is 29.3 Å². The van der Waals surface area contributed by atoms with Gasteiger partial charge in [-0.1, -0.05) is 19.9 Å². The number of ether oxygens (including phenoxy) is 1. The van der Waals surface area contributed by atoms with E-state index in [0.29, 0.717) is 16.5 Å². The monoisotopic (exact) mass is 309 g/mol. The largest absolute Gasteiger partial charge is 0.497 e. The van der Waals surface area contributed by atoms with Crippen molar-refractivity contribution in [3.63, 3.8) is 0 Å². The molecule has 1 aliphatic carbocycles. The summed E-state index contributed by atoms with van der Waals surface area (Å²) in [6, 6.07) is 6.85. The fourth-order valence-corrected chi connectivity index (χ4v) is 4.54. The molecule has 0 aliphatic heterocycles. The molecule has 0 aromatic heterocycles. The van der Waals surface area contributed by atoms with Gasteiger partial charge in [0.25, 0.3) is 0 Å². The number of nitrogens with one attached hydrogen (secondary N) is 1. The molecule has 0 spiro atoms. The molecule has 4 heteroatoms. The zero-order valence-corrected chi connectivity index (χ0v) is 14.1. The highest BCUT2D eigenvalue weighted by atomic mass is 32.2. The number of thioether (sulfide) groups is 1. The maximum Gasteiger partial charge on any atom is 0.119 e. The summed E-state index contributed by atoms with van der Waals surface area (Å²) in [4.78, 5) is 0. The van der Waals surface area contributed by atoms with E-state index in [0.717, 1.165) is 25.1 Å². The molecule has 21 heavy (non-hydrogen) atoms. The lowest BCUT2D eigenvalue weighted by Gasteiger charge is -2.35. The van der Waals surface area contributed by atoms with Gasteiger partial charge in [-0.25, -0.2) is 0 Å². The van der Waals surface area contributed by atoms with Gasteiger partial charge in [-0.15, -0.1) is 0 Å². The highest BCUT2D eigenvalue weighted by molar-refractivity contribution is 8.00. The van der Waals surface area contributed by atoms with Crippen molar-refractivity contribution in [1.82, 2.24) is 5.32 Å². The number of aliphatic hydroxyl groups is 1. The quantitative estimate of drug-likeness (QED) is 0.812. The zero-order chi connectivity index (χ0) is 15.2. The first-order valence-corrected chi connectivity index (χ1v) is 8.80. The van der Waals surface area contributed by atoms with Gasteiger partial charge in [-0.2, -0.15) is 11.8 Å². The summed E-state index contributed by atoms with van der Waals surface area (Å²) in [5.41, 5.74) is 2.82. The van der Waals surface area contributed by atoms with Crippen molar-refractivity contribution in [1.29, 1.82) is 0 Å². The van der Waals surface area contributed by atoms with E-state index in [1.807, 2.05) is 11.8 Å². The second kappa shape index (κ2) is 8.06. The topological polar surface area (TPSA) is 41.5 Å². The van der Waals surface area contributed by atoms with Gasteiger partial charge in [0.2, 0.25) is 0 Å². The van der Waals surface area contributed by atoms with Crippen molar-refractivity contribution in [2.24, 2.45) is 0 Å². The molecule has 118 valence electrons. The molecule has 1 aliphatic rings. The molecule has 0 fully saturated rings. The number of benzene rings is 1. The van der Waals surface area contributed by atoms with Crippen LogP contribution in [-0.2, 0) is 6.42 Å². The van der Waals surface area contributed by atoms with E-state index in [1.54, 1.807) is 7.11 Å². The first-order valence-electron chi connectivity index (χ1n) is 7.86. The van der Waals surface area contributed by atoms with Gasteiger partial charge in [0, 0.05) is 23.1 Å². The lowest BCUT2D eigenvalue weighted by molar-refractivity contribution is 0.288. The van der Waals surface area contributed by atoms with Gasteiger partial charge in [0.1, 0.15) is 5.75 Å². The van der Waals surface area contributed by atoms with Crippen molar-refractivity contribution in [2.45, 2.75) is 49.7 Å². The fourth-order valence-electron chi connectivity index (χ4n) is 3.05. The van der Waals surface area contributed by atoms with Gasteiger partial charge in [0.15, 0.2) is 0 Å². The van der Waals surface area contributed by atoms with Gasteiger partial charge >= 0.3 is 0 Å². The molecule has 3 atom stereocenters. The van der Waals surface area contributed by atoms with E-state index in [-0.39, 0.29) is 6.61 Å². The minimum atomic E-state index is 0.278. The predicted molar refractivity (Wildman–Crippen MR) is 90.3 cm³/mol. The number of methoxy groups -OCH3 is 1. The lowest BCUT2D eigenvalue weighted by Crippen LogP contribution is -2.35. The second-order valence-corrected chi connectivity index (χ2v) is 7.32. The SMILES string of the molecule is CCNC1c2ccc(OC)cc2CCC1SC(C)CCO. The number of fused-ring (bicyclic) bond motifs is 1. The Morgan fingerprint density at radius 3 is 2.95 bits per heavy atom. The van der Waals surface area contributed by atoms with Crippen molar-refractivity contribution >= 4 is 11.8 Å². The van der Waals surface area contributed by atoms with Crippen LogP contribution in [0.1, 0.15) is 43.9 Å². The minimum absolute atomic E-state index is 0.278. The first kappa shape index (κ1) is 16.7. The van der Waals surface area contributed by atoms with Crippen LogP contribution in [0.15, 0.2) is 18.2 Å². The fraction of sp³-hybridized carbons (Fsp3) is 0.647. The standard InChI is InChI=1S/C17H27NO2S/c1-4-18-17-15-7-6-14(20-3)11-13(15)5-8-16(17)21-12(2)9-10-19/h6-7,11-12,16-19H,4-5,8-10H2,1-3H3. The molecule has 1 aromatic carbocycles. The summed E-state index contributed by atoms with van der Waals surface area (Å²) in [5, 5.41) is 13.8. The highest BCUT2D eigenvalue weighted by Gasteiger charge is 2.30. The Balaban J connectivity index is 2.17. The summed E-state index contributed by atoms with van der Waals surface area (Å²) >= 11 is 2.01. The molecule has 3 unspecified atom stereocenters. The van der Waals surface area contributed by atoms with Crippen LogP contribution in [0.5, 0.6) is 5.75 Å². The summed E-state index contributed by atoms with van der Waals surface area (Å²) in [6.45, 7) is 5.63. The zero-order valence-electron chi connectivity index (χ0n) is 13.3. The van der Waals surface area contributed by atoms with Crippen LogP contribution in [0, 0.1) is 0 Å². The summed E-state index contributed by atoms with van der Waals surface area (Å²) in [5.74, 6) is 0.948. The van der Waals surface area contributed by atoms with Gasteiger partial charge in [0.05, 0.1) is 7.11 Å². The number of rotatable bonds is 7. The molecule has 2 N–H and O–H groups in total. The summed E-state index contributed by atoms with van der Waals surface area (Å²) < 4.78 is 5.35. The third-order valence-electron chi connectivity index (χ3n) is 4.12. The third-order valence-corrected chi connectivity index (χ3v) is 5.68. The third kappa shape index (κ3) is 4.15. The minimum Gasteiger partial charge on any atom is -0.497 e. The van der Waals surface area contributed by atoms with Crippen LogP contribution in [-0.4, -0.2) is 35.9 Å². The number of hydrogen-bond donors (Lipinski definition) is 2. The Bertz CT molecular complexity index is 452. The molecule has 0 amide bonds. The van der Waals surface area contributed by atoms with E-state index < -0.39 is 0 Å². The number of aryl methyl sites for hydroxylation is 1. The Morgan fingerprint density at radius 2 is 2.29 bits per heavy atom. The van der Waals surface area contributed by atoms with E-state index in [9.17, 15) is 0 Å². The average molecular weight is 309 g/mol. The Kier molecular flexibility index (Phi) is 6.40. The van der Waals surface area contributed by atoms with Crippen molar-refractivity contribution < 1.29 is 9.84 Å². The molecule has 0 heterocycles. The average Bonchev–Trinajstić information content (AvgIpc) is 2.49. The number of hydrogen-bond acceptors (Lipinski definition) is 4. The van der Waals surface area contributed by atoms with Crippen LogP contribution in [0.25, 0.3) is 0 Å². The second-order valence-electron chi connectivity index (χ2n) is 5.64. The van der Waals surface area contributed by atoms with E-state index in [1.165, 1.54) is 17.5 Å². The molecule has 0 saturated carbocycles. The molecule has 0 bridgehead atoms. The normalized spacial score (nSPS) is 22.7. The summed E-state index contributed by atoms with van der Waals surface area (Å²) in [6.07, 6.45) is 3.16. The molecule has 0 radical (unpaired) electrons. The van der Waals surface area contributed by atoms with Gasteiger partial charge in [-0.3, -0.25) is 0 Å². The summed E-state index contributed by atoms with van der Waals surface area (Å²) in [7, 11) is 1.72. The molecule has 1 aromatic rings. The predicted octanol–water partition coefficient (Wildman–Crippen LogP) is 3.16. The molecular weight excluding hydrogens is 282 g/mol. The van der Waals surface area contributed by atoms with Crippen molar-refractivity contribution in [2.75, 3.05) is 20.3 Å². The maximum absolute atomic E-state index is 9.11. The maximum atomic E-state index is 9.11. The smallest absolute Gasteiger partial charge is 0.119 e. The number of aliphatic hydroxyl groups excluding tert-OH is 1. The van der Waals surface area contributed by atoms with Crippen LogP contribution >= 0.6 is 11.8 Å². The van der Waals surface area contributed by atoms with Gasteiger partial charge < -0.3 is 15.2 Å². The Morgan fingerprint density at radius 1 is 1.48 bits per heavy atom. The van der Waals surface area contributed by atoms with Crippen LogP contribution < -0.4 is 10.1 Å². The van der Waals surface area contributed by atoms with E-state index >= 15 is 0 Å². The highest BCUT2D eigenvalue weighted by Crippen LogP contribution is 2.40. The van der Waals surface area contributed by atoms with Crippen LogP contribution in [0.2, 0.25) is 0 Å². The first-order chi connectivity index (χ1) is 10.2. The molecule has 3 nitrogen and oxygen atoms in total.